The molecule has 0 radical (unpaired) electrons. The second-order valence-corrected chi connectivity index (χ2v) is 8.32. The number of benzene rings is 1. The lowest BCUT2D eigenvalue weighted by Crippen LogP contribution is -2.14. The van der Waals surface area contributed by atoms with Crippen LogP contribution in [-0.2, 0) is 4.74 Å². The van der Waals surface area contributed by atoms with Crippen LogP contribution in [0, 0.1) is 0 Å². The Balaban J connectivity index is 1.67. The quantitative estimate of drug-likeness (QED) is 0.310. The lowest BCUT2D eigenvalue weighted by Gasteiger charge is -2.09. The summed E-state index contributed by atoms with van der Waals surface area (Å²) in [5.74, 6) is -0.774. The molecule has 0 saturated carbocycles. The van der Waals surface area contributed by atoms with E-state index in [0.29, 0.717) is 31.4 Å². The number of nitrogens with zero attached hydrogens (tertiary/aromatic N) is 1. The first-order valence-corrected chi connectivity index (χ1v) is 10.1. The smallest absolute Gasteiger partial charge is 0.339 e. The average molecular weight is 414 g/mol. The van der Waals surface area contributed by atoms with Crippen molar-refractivity contribution in [1.82, 2.24) is 4.98 Å². The van der Waals surface area contributed by atoms with Crippen molar-refractivity contribution in [2.24, 2.45) is 0 Å². The number of para-hydroxylation sites is 1. The number of thiophene rings is 2. The minimum atomic E-state index is -0.553. The lowest BCUT2D eigenvalue weighted by atomic mass is 10.1. The predicted octanol–water partition coefficient (Wildman–Crippen LogP) is 5.72. The summed E-state index contributed by atoms with van der Waals surface area (Å²) in [6, 6.07) is 16.2. The fourth-order valence-electron chi connectivity index (χ4n) is 2.64. The van der Waals surface area contributed by atoms with Crippen LogP contribution in [0.15, 0.2) is 60.0 Å². The molecule has 0 N–H and O–H groups in total. The molecule has 0 atom stereocenters. The van der Waals surface area contributed by atoms with Gasteiger partial charge in [0.15, 0.2) is 6.61 Å². The van der Waals surface area contributed by atoms with E-state index in [1.54, 1.807) is 24.3 Å². The van der Waals surface area contributed by atoms with Crippen LogP contribution in [0.5, 0.6) is 0 Å². The molecule has 3 heterocycles. The summed E-state index contributed by atoms with van der Waals surface area (Å²) in [5, 5.41) is 2.49. The molecule has 4 rings (SSSR count). The summed E-state index contributed by atoms with van der Waals surface area (Å²) in [6.07, 6.45) is 0. The fraction of sp³-hybridized carbons (Fsp3) is 0.0500. The largest absolute Gasteiger partial charge is 0.454 e. The molecular formula is C20H12ClNO3S2. The number of pyridine rings is 1. The number of ether oxygens (including phenoxy) is 1. The van der Waals surface area contributed by atoms with Crippen LogP contribution in [0.1, 0.15) is 20.0 Å². The predicted molar refractivity (Wildman–Crippen MR) is 109 cm³/mol. The summed E-state index contributed by atoms with van der Waals surface area (Å²) >= 11 is 8.73. The average Bonchev–Trinajstić information content (AvgIpc) is 3.37. The molecule has 0 saturated heterocycles. The number of aromatic nitrogens is 1. The summed E-state index contributed by atoms with van der Waals surface area (Å²) < 4.78 is 5.93. The number of rotatable bonds is 5. The molecule has 0 amide bonds. The van der Waals surface area contributed by atoms with Gasteiger partial charge in [0, 0.05) is 5.39 Å². The Morgan fingerprint density at radius 1 is 1.07 bits per heavy atom. The van der Waals surface area contributed by atoms with Gasteiger partial charge < -0.3 is 4.74 Å². The van der Waals surface area contributed by atoms with E-state index in [4.69, 9.17) is 16.3 Å². The number of fused-ring (bicyclic) bond motifs is 1. The molecule has 134 valence electrons. The first-order valence-electron chi connectivity index (χ1n) is 8.01. The molecule has 0 aliphatic carbocycles. The molecule has 7 heteroatoms. The minimum Gasteiger partial charge on any atom is -0.454 e. The number of hydrogen-bond acceptors (Lipinski definition) is 6. The van der Waals surface area contributed by atoms with Gasteiger partial charge in [-0.15, -0.1) is 22.7 Å². The van der Waals surface area contributed by atoms with E-state index < -0.39 is 5.97 Å². The molecule has 27 heavy (non-hydrogen) atoms. The third-order valence-electron chi connectivity index (χ3n) is 3.89. The van der Waals surface area contributed by atoms with Gasteiger partial charge in [0.25, 0.3) is 0 Å². The molecule has 0 unspecified atom stereocenters. The van der Waals surface area contributed by atoms with Gasteiger partial charge in [-0.25, -0.2) is 9.78 Å². The number of carbonyl (C=O) groups excluding carboxylic acids is 2. The molecule has 0 spiro atoms. The van der Waals surface area contributed by atoms with Gasteiger partial charge in [0.05, 0.1) is 30.9 Å². The number of Topliss-reactive ketones (excluding diaryl/α,β-unsaturated/α-hetero) is 1. The SMILES string of the molecule is O=C(COC(=O)c1cc(-c2ccc(Cl)s2)nc2ccccc12)c1cccs1. The van der Waals surface area contributed by atoms with Gasteiger partial charge in [-0.05, 0) is 35.7 Å². The van der Waals surface area contributed by atoms with Crippen LogP contribution in [0.25, 0.3) is 21.5 Å². The zero-order chi connectivity index (χ0) is 18.8. The highest BCUT2D eigenvalue weighted by molar-refractivity contribution is 7.19. The molecule has 0 aliphatic heterocycles. The zero-order valence-electron chi connectivity index (χ0n) is 13.8. The Morgan fingerprint density at radius 2 is 1.93 bits per heavy atom. The molecule has 0 aliphatic rings. The monoisotopic (exact) mass is 413 g/mol. The topological polar surface area (TPSA) is 56.3 Å². The van der Waals surface area contributed by atoms with E-state index in [1.165, 1.54) is 22.7 Å². The first kappa shape index (κ1) is 17.9. The number of carbonyl (C=O) groups is 2. The van der Waals surface area contributed by atoms with Crippen molar-refractivity contribution in [3.63, 3.8) is 0 Å². The van der Waals surface area contributed by atoms with Gasteiger partial charge in [0.2, 0.25) is 5.78 Å². The Labute approximate surface area is 168 Å². The van der Waals surface area contributed by atoms with E-state index in [2.05, 4.69) is 4.98 Å². The Kier molecular flexibility index (Phi) is 5.03. The maximum atomic E-state index is 12.7. The third-order valence-corrected chi connectivity index (χ3v) is 6.06. The van der Waals surface area contributed by atoms with Gasteiger partial charge in [-0.3, -0.25) is 4.79 Å². The summed E-state index contributed by atoms with van der Waals surface area (Å²) in [6.45, 7) is -0.295. The van der Waals surface area contributed by atoms with E-state index in [9.17, 15) is 9.59 Å². The highest BCUT2D eigenvalue weighted by atomic mass is 35.5. The summed E-state index contributed by atoms with van der Waals surface area (Å²) in [4.78, 5) is 30.8. The van der Waals surface area contributed by atoms with Gasteiger partial charge >= 0.3 is 5.97 Å². The maximum Gasteiger partial charge on any atom is 0.339 e. The van der Waals surface area contributed by atoms with Crippen LogP contribution >= 0.6 is 34.3 Å². The van der Waals surface area contributed by atoms with Crippen molar-refractivity contribution < 1.29 is 14.3 Å². The number of ketones is 1. The first-order chi connectivity index (χ1) is 13.1. The van der Waals surface area contributed by atoms with Gasteiger partial charge in [0.1, 0.15) is 0 Å². The second-order valence-electron chi connectivity index (χ2n) is 5.65. The van der Waals surface area contributed by atoms with E-state index in [-0.39, 0.29) is 12.4 Å². The van der Waals surface area contributed by atoms with Crippen LogP contribution in [0.3, 0.4) is 0 Å². The Morgan fingerprint density at radius 3 is 2.67 bits per heavy atom. The lowest BCUT2D eigenvalue weighted by molar-refractivity contribution is 0.0478. The minimum absolute atomic E-state index is 0.220. The third kappa shape index (κ3) is 3.78. The van der Waals surface area contributed by atoms with Crippen LogP contribution in [0.2, 0.25) is 4.34 Å². The number of halogens is 1. The van der Waals surface area contributed by atoms with E-state index >= 15 is 0 Å². The zero-order valence-corrected chi connectivity index (χ0v) is 16.2. The van der Waals surface area contributed by atoms with Crippen LogP contribution < -0.4 is 0 Å². The van der Waals surface area contributed by atoms with E-state index in [1.807, 2.05) is 35.7 Å². The summed E-state index contributed by atoms with van der Waals surface area (Å²) in [7, 11) is 0. The van der Waals surface area contributed by atoms with Crippen LogP contribution in [0.4, 0.5) is 0 Å². The normalized spacial score (nSPS) is 10.9. The van der Waals surface area contributed by atoms with Crippen molar-refractivity contribution in [3.8, 4) is 10.6 Å². The second kappa shape index (κ2) is 7.60. The molecule has 4 aromatic rings. The molecule has 1 aromatic carbocycles. The maximum absolute atomic E-state index is 12.7. The van der Waals surface area contributed by atoms with Crippen LogP contribution in [-0.4, -0.2) is 23.3 Å². The standard InChI is InChI=1S/C20H12ClNO3S2/c21-19-8-7-17(27-19)15-10-13(12-4-1-2-5-14(12)22-15)20(24)25-11-16(23)18-6-3-9-26-18/h1-10H,11H2. The van der Waals surface area contributed by atoms with Crippen molar-refractivity contribution in [3.05, 3.63) is 74.8 Å². The molecular weight excluding hydrogens is 402 g/mol. The van der Waals surface area contributed by atoms with Gasteiger partial charge in [-0.1, -0.05) is 35.9 Å². The highest BCUT2D eigenvalue weighted by Crippen LogP contribution is 2.32. The highest BCUT2D eigenvalue weighted by Gasteiger charge is 2.18. The van der Waals surface area contributed by atoms with Crippen molar-refractivity contribution in [2.45, 2.75) is 0 Å². The molecule has 0 fully saturated rings. The molecule has 4 nitrogen and oxygen atoms in total. The van der Waals surface area contributed by atoms with Crippen molar-refractivity contribution in [1.29, 1.82) is 0 Å². The molecule has 3 aromatic heterocycles. The van der Waals surface area contributed by atoms with Crippen molar-refractivity contribution in [2.75, 3.05) is 6.61 Å². The van der Waals surface area contributed by atoms with Crippen molar-refractivity contribution >= 4 is 56.9 Å². The Hall–Kier alpha value is -2.54. The summed E-state index contributed by atoms with van der Waals surface area (Å²) in [5.41, 5.74) is 1.69. The number of hydrogen-bond donors (Lipinski definition) is 0. The van der Waals surface area contributed by atoms with Gasteiger partial charge in [-0.2, -0.15) is 0 Å². The fourth-order valence-corrected chi connectivity index (χ4v) is 4.29. The van der Waals surface area contributed by atoms with E-state index in [0.717, 1.165) is 4.88 Å². The number of esters is 1. The molecule has 0 bridgehead atoms. The Bertz CT molecular complexity index is 1140.